The molecule has 1 N–H and O–H groups in total. The molecule has 10 heteroatoms. The molecule has 4 rings (SSSR count). The lowest BCUT2D eigenvalue weighted by Gasteiger charge is -2.24. The lowest BCUT2D eigenvalue weighted by atomic mass is 10.00. The normalized spacial score (nSPS) is 19.9. The van der Waals surface area contributed by atoms with E-state index in [9.17, 15) is 18.0 Å². The highest BCUT2D eigenvalue weighted by atomic mass is 35.5. The van der Waals surface area contributed by atoms with E-state index in [4.69, 9.17) is 16.3 Å². The second kappa shape index (κ2) is 11.9. The minimum atomic E-state index is -3.28. The van der Waals surface area contributed by atoms with Gasteiger partial charge < -0.3 is 14.5 Å². The van der Waals surface area contributed by atoms with Crippen molar-refractivity contribution in [2.24, 2.45) is 5.92 Å². The molecule has 1 aromatic rings. The number of carbonyl (C=O) groups is 2. The number of carbonyl (C=O) groups excluding carboxylic acids is 2. The van der Waals surface area contributed by atoms with Crippen molar-refractivity contribution in [2.45, 2.75) is 50.9 Å². The van der Waals surface area contributed by atoms with Crippen molar-refractivity contribution < 1.29 is 22.7 Å². The molecular weight excluding hydrogens is 490 g/mol. The first-order chi connectivity index (χ1) is 16.8. The van der Waals surface area contributed by atoms with Crippen molar-refractivity contribution >= 4 is 33.4 Å². The van der Waals surface area contributed by atoms with Gasteiger partial charge in [-0.1, -0.05) is 24.1 Å². The monoisotopic (exact) mass is 525 g/mol. The van der Waals surface area contributed by atoms with Gasteiger partial charge in [-0.25, -0.2) is 13.2 Å². The molecule has 0 unspecified atom stereocenters. The highest BCUT2D eigenvalue weighted by molar-refractivity contribution is 7.91. The molecule has 1 atom stereocenters. The molecule has 0 radical (unpaired) electrons. The van der Waals surface area contributed by atoms with Gasteiger partial charge in [0.05, 0.1) is 23.1 Å². The number of sulfone groups is 1. The van der Waals surface area contributed by atoms with E-state index in [0.29, 0.717) is 55.6 Å². The van der Waals surface area contributed by atoms with Crippen LogP contribution >= 0.6 is 11.6 Å². The van der Waals surface area contributed by atoms with Gasteiger partial charge in [0, 0.05) is 19.0 Å². The molecule has 1 aromatic carbocycles. The van der Waals surface area contributed by atoms with Crippen LogP contribution in [0.2, 0.25) is 5.02 Å². The van der Waals surface area contributed by atoms with Crippen molar-refractivity contribution in [3.05, 3.63) is 28.8 Å². The van der Waals surface area contributed by atoms with E-state index >= 15 is 0 Å². The van der Waals surface area contributed by atoms with Gasteiger partial charge in [-0.3, -0.25) is 10.1 Å². The zero-order chi connectivity index (χ0) is 24.8. The molecule has 3 amide bonds. The maximum absolute atomic E-state index is 13.1. The van der Waals surface area contributed by atoms with Crippen molar-refractivity contribution in [2.75, 3.05) is 50.8 Å². The molecule has 3 aliphatic rings. The van der Waals surface area contributed by atoms with Gasteiger partial charge in [-0.2, -0.15) is 0 Å². The predicted octanol–water partition coefficient (Wildman–Crippen LogP) is 3.45. The van der Waals surface area contributed by atoms with E-state index in [1.807, 2.05) is 18.2 Å². The number of nitrogens with zero attached hydrogens (tertiary/aromatic N) is 2. The first-order valence-corrected chi connectivity index (χ1v) is 14.9. The van der Waals surface area contributed by atoms with E-state index in [0.717, 1.165) is 31.5 Å². The van der Waals surface area contributed by atoms with Crippen LogP contribution in [-0.4, -0.2) is 81.0 Å². The lowest BCUT2D eigenvalue weighted by molar-refractivity contribution is -0.118. The predicted molar refractivity (Wildman–Crippen MR) is 136 cm³/mol. The van der Waals surface area contributed by atoms with Crippen molar-refractivity contribution in [1.82, 2.24) is 15.1 Å². The summed E-state index contributed by atoms with van der Waals surface area (Å²) in [6.45, 7) is 3.92. The number of amides is 3. The van der Waals surface area contributed by atoms with E-state index in [1.165, 1.54) is 17.7 Å². The summed E-state index contributed by atoms with van der Waals surface area (Å²) >= 11 is 6.37. The summed E-state index contributed by atoms with van der Waals surface area (Å²) in [5.74, 6) is 1.03. The minimum Gasteiger partial charge on any atom is -0.492 e. The number of unbranched alkanes of at least 4 members (excludes halogenated alkanes) is 2. The van der Waals surface area contributed by atoms with Gasteiger partial charge in [0.25, 0.3) is 0 Å². The molecule has 0 spiro atoms. The zero-order valence-electron chi connectivity index (χ0n) is 20.2. The van der Waals surface area contributed by atoms with E-state index in [1.54, 1.807) is 0 Å². The largest absolute Gasteiger partial charge is 0.492 e. The molecule has 1 aliphatic carbocycles. The zero-order valence-corrected chi connectivity index (χ0v) is 21.8. The molecular formula is C25H36ClN3O5S. The van der Waals surface area contributed by atoms with Crippen LogP contribution in [0, 0.1) is 5.92 Å². The number of ether oxygens (including phenoxy) is 1. The smallest absolute Gasteiger partial charge is 0.324 e. The lowest BCUT2D eigenvalue weighted by Crippen LogP contribution is -2.30. The van der Waals surface area contributed by atoms with Crippen LogP contribution in [-0.2, 0) is 14.6 Å². The average Bonchev–Trinajstić information content (AvgIpc) is 3.39. The highest BCUT2D eigenvalue weighted by Crippen LogP contribution is 2.34. The van der Waals surface area contributed by atoms with Gasteiger partial charge in [0.15, 0.2) is 9.84 Å². The molecule has 2 heterocycles. The number of urea groups is 1. The van der Waals surface area contributed by atoms with Crippen molar-refractivity contribution in [3.63, 3.8) is 0 Å². The van der Waals surface area contributed by atoms with E-state index in [2.05, 4.69) is 10.2 Å². The first kappa shape index (κ1) is 26.2. The Balaban J connectivity index is 1.33. The van der Waals surface area contributed by atoms with Gasteiger partial charge in [0.2, 0.25) is 5.91 Å². The summed E-state index contributed by atoms with van der Waals surface area (Å²) in [5.41, 5.74) is 0.959. The first-order valence-electron chi connectivity index (χ1n) is 12.7. The fourth-order valence-electron chi connectivity index (χ4n) is 4.76. The Labute approximate surface area is 213 Å². The van der Waals surface area contributed by atoms with Crippen LogP contribution in [0.15, 0.2) is 18.2 Å². The Morgan fingerprint density at radius 2 is 1.89 bits per heavy atom. The molecule has 35 heavy (non-hydrogen) atoms. The number of likely N-dealkylation sites (tertiary alicyclic amines) is 1. The fourth-order valence-corrected chi connectivity index (χ4v) is 6.66. The number of benzene rings is 1. The third-order valence-electron chi connectivity index (χ3n) is 6.98. The Hall–Kier alpha value is -1.84. The third kappa shape index (κ3) is 8.08. The van der Waals surface area contributed by atoms with Gasteiger partial charge in [0.1, 0.15) is 12.3 Å². The maximum Gasteiger partial charge on any atom is 0.324 e. The topological polar surface area (TPSA) is 96.0 Å². The second-order valence-corrected chi connectivity index (χ2v) is 12.7. The third-order valence-corrected chi connectivity index (χ3v) is 9.12. The van der Waals surface area contributed by atoms with Crippen molar-refractivity contribution in [1.29, 1.82) is 0 Å². The van der Waals surface area contributed by atoms with E-state index in [-0.39, 0.29) is 35.9 Å². The Kier molecular flexibility index (Phi) is 8.94. The summed E-state index contributed by atoms with van der Waals surface area (Å²) in [4.78, 5) is 26.7. The van der Waals surface area contributed by atoms with Crippen LogP contribution < -0.4 is 10.1 Å². The molecule has 2 saturated heterocycles. The quantitative estimate of drug-likeness (QED) is 0.295. The van der Waals surface area contributed by atoms with Crippen LogP contribution in [0.1, 0.15) is 56.4 Å². The van der Waals surface area contributed by atoms with Crippen molar-refractivity contribution in [3.8, 4) is 5.75 Å². The number of imide groups is 1. The van der Waals surface area contributed by atoms with Gasteiger partial charge in [-0.05, 0) is 75.2 Å². The molecule has 0 bridgehead atoms. The summed E-state index contributed by atoms with van der Waals surface area (Å²) in [7, 11) is -3.28. The Morgan fingerprint density at radius 1 is 1.11 bits per heavy atom. The molecule has 3 fully saturated rings. The Morgan fingerprint density at radius 3 is 2.57 bits per heavy atom. The summed E-state index contributed by atoms with van der Waals surface area (Å²) < 4.78 is 32.1. The molecule has 1 saturated carbocycles. The average molecular weight is 526 g/mol. The van der Waals surface area contributed by atoms with Crippen LogP contribution in [0.5, 0.6) is 5.75 Å². The Bertz CT molecular complexity index is 1010. The summed E-state index contributed by atoms with van der Waals surface area (Å²) in [5, 5.41) is 2.81. The standard InChI is InChI=1S/C25H36ClN3O5S/c26-22-9-8-20(14-23(22)34-17-19-6-7-19)21(15-28-10-3-4-11-28)18-35(32,33)13-5-1-2-12-29-16-24(30)27-25(29)31/h8-9,14,19,21H,1-7,10-13,15-18H2,(H,27,30,31)/t21-/m0/s1. The number of hydrogen-bond donors (Lipinski definition) is 1. The maximum atomic E-state index is 13.1. The van der Waals surface area contributed by atoms with E-state index < -0.39 is 9.84 Å². The summed E-state index contributed by atoms with van der Waals surface area (Å²) in [6, 6.07) is 5.33. The SMILES string of the molecule is O=C1CN(CCCCCS(=O)(=O)C[C@H](CN2CCCC2)c2ccc(Cl)c(OCC3CC3)c2)C(=O)N1. The number of nitrogens with one attached hydrogen (secondary N) is 1. The molecule has 0 aromatic heterocycles. The fraction of sp³-hybridized carbons (Fsp3) is 0.680. The number of hydrogen-bond acceptors (Lipinski definition) is 6. The highest BCUT2D eigenvalue weighted by Gasteiger charge is 2.28. The van der Waals surface area contributed by atoms with Gasteiger partial charge >= 0.3 is 6.03 Å². The minimum absolute atomic E-state index is 0.0861. The number of rotatable bonds is 14. The van der Waals surface area contributed by atoms with Gasteiger partial charge in [-0.15, -0.1) is 0 Å². The molecule has 194 valence electrons. The summed E-state index contributed by atoms with van der Waals surface area (Å²) in [6.07, 6.45) is 6.58. The second-order valence-electron chi connectivity index (χ2n) is 10.1. The van der Waals surface area contributed by atoms with Crippen LogP contribution in [0.4, 0.5) is 4.79 Å². The molecule has 8 nitrogen and oxygen atoms in total. The molecule has 2 aliphatic heterocycles. The number of halogens is 1. The van der Waals surface area contributed by atoms with Crippen LogP contribution in [0.25, 0.3) is 0 Å². The van der Waals surface area contributed by atoms with Crippen LogP contribution in [0.3, 0.4) is 0 Å².